The van der Waals surface area contributed by atoms with E-state index in [-0.39, 0.29) is 13.2 Å². The zero-order valence-electron chi connectivity index (χ0n) is 26.5. The number of carbonyl (C=O) groups excluding carboxylic acids is 1. The Morgan fingerprint density at radius 1 is 1.02 bits per heavy atom. The molecule has 2 aromatic carbocycles. The summed E-state index contributed by atoms with van der Waals surface area (Å²) in [6, 6.07) is 10.6. The zero-order valence-corrected chi connectivity index (χ0v) is 26.5. The van der Waals surface area contributed by atoms with Gasteiger partial charge in [-0.15, -0.1) is 0 Å². The number of carbonyl (C=O) groups is 1. The maximum Gasteiger partial charge on any atom is 0.185 e. The second-order valence-corrected chi connectivity index (χ2v) is 10.6. The Labute approximate surface area is 246 Å². The van der Waals surface area contributed by atoms with Gasteiger partial charge < -0.3 is 9.64 Å². The molecule has 0 saturated carbocycles. The molecule has 1 fully saturated rings. The molecule has 1 aliphatic rings. The van der Waals surface area contributed by atoms with Crippen LogP contribution in [0.1, 0.15) is 106 Å². The third kappa shape index (κ3) is 11.4. The minimum atomic E-state index is -0.0289. The van der Waals surface area contributed by atoms with Gasteiger partial charge in [0.1, 0.15) is 11.9 Å². The first-order valence-corrected chi connectivity index (χ1v) is 14.8. The van der Waals surface area contributed by atoms with E-state index in [0.29, 0.717) is 12.0 Å². The largest absolute Gasteiger partial charge is 0.490 e. The first-order chi connectivity index (χ1) is 18.6. The van der Waals surface area contributed by atoms with Crippen molar-refractivity contribution in [1.29, 1.82) is 0 Å². The number of ether oxygens (including phenoxy) is 1. The number of nitrogens with zero attached hydrogens (tertiary/aromatic N) is 2. The zero-order chi connectivity index (χ0) is 29.5. The summed E-state index contributed by atoms with van der Waals surface area (Å²) in [5.41, 5.74) is 7.90. The Kier molecular flexibility index (Phi) is 18.1. The van der Waals surface area contributed by atoms with Crippen LogP contribution in [0.5, 0.6) is 5.75 Å². The average molecular weight is 551 g/mol. The van der Waals surface area contributed by atoms with Gasteiger partial charge in [-0.3, -0.25) is 9.79 Å². The van der Waals surface area contributed by atoms with Crippen molar-refractivity contribution in [2.24, 2.45) is 10.9 Å². The van der Waals surface area contributed by atoms with Crippen LogP contribution in [-0.2, 0) is 12.8 Å². The fourth-order valence-corrected chi connectivity index (χ4v) is 4.89. The SMILES string of the molecule is C.C=CC(=O)c1cc(C(CC(C)C)=NC)c(C)cc1C.CC.CCc1ccc(OC2CCN(C)CC2)cc1CC. The van der Waals surface area contributed by atoms with Crippen LogP contribution in [0.25, 0.3) is 0 Å². The lowest BCUT2D eigenvalue weighted by Crippen LogP contribution is -2.35. The van der Waals surface area contributed by atoms with Gasteiger partial charge in [0.25, 0.3) is 0 Å². The molecule has 0 amide bonds. The molecular weight excluding hydrogens is 492 g/mol. The van der Waals surface area contributed by atoms with E-state index in [2.05, 4.69) is 82.4 Å². The summed E-state index contributed by atoms with van der Waals surface area (Å²) < 4.78 is 6.12. The van der Waals surface area contributed by atoms with Crippen LogP contribution in [-0.4, -0.2) is 49.7 Å². The number of aliphatic imine (C=N–C) groups is 1. The molecular formula is C36H58N2O2. The van der Waals surface area contributed by atoms with Crippen LogP contribution in [0, 0.1) is 19.8 Å². The molecule has 0 N–H and O–H groups in total. The van der Waals surface area contributed by atoms with Gasteiger partial charge in [-0.1, -0.05) is 67.7 Å². The molecule has 0 unspecified atom stereocenters. The van der Waals surface area contributed by atoms with Gasteiger partial charge >= 0.3 is 0 Å². The van der Waals surface area contributed by atoms with Gasteiger partial charge in [-0.25, -0.2) is 0 Å². The third-order valence-electron chi connectivity index (χ3n) is 7.11. The lowest BCUT2D eigenvalue weighted by molar-refractivity contribution is 0.104. The predicted octanol–water partition coefficient (Wildman–Crippen LogP) is 9.08. The number of rotatable bonds is 9. The number of hydrogen-bond acceptors (Lipinski definition) is 4. The fraction of sp³-hybridized carbons (Fsp3) is 0.556. The number of piperidine rings is 1. The average Bonchev–Trinajstić information content (AvgIpc) is 2.94. The van der Waals surface area contributed by atoms with Crippen molar-refractivity contribution in [3.63, 3.8) is 0 Å². The molecule has 2 aromatic rings. The molecule has 0 radical (unpaired) electrons. The Bertz CT molecular complexity index is 1080. The summed E-state index contributed by atoms with van der Waals surface area (Å²) in [5, 5.41) is 0. The Hall–Kier alpha value is -2.72. The van der Waals surface area contributed by atoms with Crippen molar-refractivity contribution in [3.8, 4) is 5.75 Å². The summed E-state index contributed by atoms with van der Waals surface area (Å²) in [7, 11) is 3.99. The van der Waals surface area contributed by atoms with E-state index in [0.717, 1.165) is 73.3 Å². The Balaban J connectivity index is 0.000000700. The number of hydrogen-bond donors (Lipinski definition) is 0. The Morgan fingerprint density at radius 2 is 1.60 bits per heavy atom. The molecule has 4 nitrogen and oxygen atoms in total. The number of likely N-dealkylation sites (tertiary alicyclic amines) is 1. The first-order valence-electron chi connectivity index (χ1n) is 14.8. The van der Waals surface area contributed by atoms with Crippen molar-refractivity contribution >= 4 is 11.5 Å². The summed E-state index contributed by atoms with van der Waals surface area (Å²) in [5.74, 6) is 1.57. The highest BCUT2D eigenvalue weighted by atomic mass is 16.5. The van der Waals surface area contributed by atoms with Crippen LogP contribution in [0.4, 0.5) is 0 Å². The van der Waals surface area contributed by atoms with Crippen LogP contribution < -0.4 is 4.74 Å². The topological polar surface area (TPSA) is 41.9 Å². The smallest absolute Gasteiger partial charge is 0.185 e. The second kappa shape index (κ2) is 19.4. The first kappa shape index (κ1) is 37.3. The Morgan fingerprint density at radius 3 is 2.10 bits per heavy atom. The molecule has 0 atom stereocenters. The minimum Gasteiger partial charge on any atom is -0.490 e. The molecule has 1 heterocycles. The van der Waals surface area contributed by atoms with E-state index < -0.39 is 0 Å². The van der Waals surface area contributed by atoms with E-state index in [1.165, 1.54) is 22.8 Å². The lowest BCUT2D eigenvalue weighted by Gasteiger charge is -2.29. The standard InChI is InChI=1S/C17H23NO.C16H25NO.C2H6.CH4/c1-7-17(19)15-10-14(12(4)9-13(15)5)16(18-6)8-11(2)3;1-4-13-6-7-16(12-14(13)5-2)18-15-8-10-17(3)11-9-15;1-2;/h7,9-11H,1,8H2,2-6H3;6-7,12,15H,4-5,8-11H2,1-3H3;1-2H3;1H4. The van der Waals surface area contributed by atoms with Gasteiger partial charge in [-0.05, 0) is 111 Å². The van der Waals surface area contributed by atoms with Crippen molar-refractivity contribution in [1.82, 2.24) is 4.90 Å². The summed E-state index contributed by atoms with van der Waals surface area (Å²) in [4.78, 5) is 18.6. The van der Waals surface area contributed by atoms with Crippen molar-refractivity contribution in [2.75, 3.05) is 27.2 Å². The minimum absolute atomic E-state index is 0. The number of benzene rings is 2. The fourth-order valence-electron chi connectivity index (χ4n) is 4.89. The van der Waals surface area contributed by atoms with Crippen LogP contribution in [0.2, 0.25) is 0 Å². The second-order valence-electron chi connectivity index (χ2n) is 10.6. The van der Waals surface area contributed by atoms with Gasteiger partial charge in [0.15, 0.2) is 5.78 Å². The van der Waals surface area contributed by atoms with Gasteiger partial charge in [0, 0.05) is 31.4 Å². The van der Waals surface area contributed by atoms with E-state index >= 15 is 0 Å². The quantitative estimate of drug-likeness (QED) is 0.178. The molecule has 1 saturated heterocycles. The summed E-state index contributed by atoms with van der Waals surface area (Å²) >= 11 is 0. The number of allylic oxidation sites excluding steroid dienone is 1. The predicted molar refractivity (Wildman–Crippen MR) is 177 cm³/mol. The van der Waals surface area contributed by atoms with Crippen molar-refractivity contribution in [2.45, 2.75) is 101 Å². The van der Waals surface area contributed by atoms with E-state index in [1.54, 1.807) is 0 Å². The molecule has 0 bridgehead atoms. The molecule has 4 heteroatoms. The van der Waals surface area contributed by atoms with Gasteiger partial charge in [0.2, 0.25) is 0 Å². The van der Waals surface area contributed by atoms with Crippen molar-refractivity contribution < 1.29 is 9.53 Å². The lowest BCUT2D eigenvalue weighted by atomic mass is 9.91. The van der Waals surface area contributed by atoms with E-state index in [1.807, 2.05) is 33.9 Å². The molecule has 224 valence electrons. The van der Waals surface area contributed by atoms with Gasteiger partial charge in [-0.2, -0.15) is 0 Å². The molecule has 0 aliphatic carbocycles. The summed E-state index contributed by atoms with van der Waals surface area (Å²) in [6.07, 6.45) is 7.18. The number of ketones is 1. The normalized spacial score (nSPS) is 13.8. The van der Waals surface area contributed by atoms with E-state index in [9.17, 15) is 4.79 Å². The highest BCUT2D eigenvalue weighted by Gasteiger charge is 2.18. The molecule has 40 heavy (non-hydrogen) atoms. The third-order valence-corrected chi connectivity index (χ3v) is 7.11. The van der Waals surface area contributed by atoms with Crippen LogP contribution in [0.15, 0.2) is 48.0 Å². The maximum absolute atomic E-state index is 11.9. The molecule has 3 rings (SSSR count). The van der Waals surface area contributed by atoms with Crippen LogP contribution in [0.3, 0.4) is 0 Å². The molecule has 0 spiro atoms. The highest BCUT2D eigenvalue weighted by molar-refractivity contribution is 6.08. The van der Waals surface area contributed by atoms with Gasteiger partial charge in [0.05, 0.1) is 0 Å². The summed E-state index contributed by atoms with van der Waals surface area (Å²) in [6.45, 7) is 22.7. The monoisotopic (exact) mass is 550 g/mol. The highest BCUT2D eigenvalue weighted by Crippen LogP contribution is 2.23. The van der Waals surface area contributed by atoms with E-state index in [4.69, 9.17) is 4.74 Å². The maximum atomic E-state index is 11.9. The van der Waals surface area contributed by atoms with Crippen LogP contribution >= 0.6 is 0 Å². The molecule has 1 aliphatic heterocycles. The number of aryl methyl sites for hydroxylation is 4. The van der Waals surface area contributed by atoms with Crippen molar-refractivity contribution in [3.05, 3.63) is 76.4 Å². The molecule has 0 aromatic heterocycles.